The predicted octanol–water partition coefficient (Wildman–Crippen LogP) is 3.83. The first-order valence-electron chi connectivity index (χ1n) is 19.6. The van der Waals surface area contributed by atoms with E-state index in [9.17, 15) is 23.4 Å². The van der Waals surface area contributed by atoms with Crippen LogP contribution in [0, 0.1) is 34.0 Å². The Morgan fingerprint density at radius 3 is 2.19 bits per heavy atom. The van der Waals surface area contributed by atoms with Gasteiger partial charge in [0.2, 0.25) is 17.6 Å². The molecule has 0 aromatic carbocycles. The Balaban J connectivity index is 1.42. The Kier molecular flexibility index (Phi) is 12.6. The van der Waals surface area contributed by atoms with Crippen LogP contribution in [-0.4, -0.2) is 100 Å². The van der Waals surface area contributed by atoms with Crippen LogP contribution in [0.4, 0.5) is 4.79 Å². The zero-order valence-electron chi connectivity index (χ0n) is 32.4. The number of carbonyl (C=O) groups excluding carboxylic acids is 5. The van der Waals surface area contributed by atoms with Crippen LogP contribution >= 0.6 is 0 Å². The molecule has 1 heterocycles. The van der Waals surface area contributed by atoms with Gasteiger partial charge in [-0.15, -0.1) is 6.58 Å². The summed E-state index contributed by atoms with van der Waals surface area (Å²) in [7, 11) is 0.533. The summed E-state index contributed by atoms with van der Waals surface area (Å²) in [6, 6.07) is -3.45. The number of likely N-dealkylation sites (N-methyl/N-ethyl adjacent to an activating group) is 1. The van der Waals surface area contributed by atoms with Gasteiger partial charge in [-0.1, -0.05) is 72.3 Å². The molecule has 1 aliphatic heterocycles. The highest BCUT2D eigenvalue weighted by Crippen LogP contribution is 2.66. The molecule has 1 spiro atoms. The van der Waals surface area contributed by atoms with Crippen molar-refractivity contribution in [1.29, 1.82) is 0 Å². The van der Waals surface area contributed by atoms with Crippen LogP contribution in [0.25, 0.3) is 0 Å². The second-order valence-electron chi connectivity index (χ2n) is 18.0. The van der Waals surface area contributed by atoms with Crippen LogP contribution < -0.4 is 21.3 Å². The van der Waals surface area contributed by atoms with Gasteiger partial charge in [-0.3, -0.25) is 19.2 Å². The monoisotopic (exact) mass is 744 g/mol. The van der Waals surface area contributed by atoms with Gasteiger partial charge in [-0.05, 0) is 86.0 Å². The van der Waals surface area contributed by atoms with Crippen molar-refractivity contribution in [3.05, 3.63) is 12.7 Å². The van der Waals surface area contributed by atoms with Gasteiger partial charge in [0.15, 0.2) is 0 Å². The molecule has 0 bridgehead atoms. The number of ketones is 1. The number of rotatable bonds is 15. The smallest absolute Gasteiger partial charge is 0.315 e. The summed E-state index contributed by atoms with van der Waals surface area (Å²) in [5.74, 6) is -1.67. The Hall–Kier alpha value is -2.80. The van der Waals surface area contributed by atoms with Crippen molar-refractivity contribution in [1.82, 2.24) is 30.5 Å². The molecule has 2 unspecified atom stereocenters. The summed E-state index contributed by atoms with van der Waals surface area (Å²) in [4.78, 5) is 71.6. The van der Waals surface area contributed by atoms with Crippen molar-refractivity contribution in [3.63, 3.8) is 0 Å². The van der Waals surface area contributed by atoms with E-state index < -0.39 is 52.2 Å². The highest BCUT2D eigenvalue weighted by Gasteiger charge is 2.64. The molecule has 4 aliphatic carbocycles. The fraction of sp³-hybridized carbons (Fsp3) is 0.821. The van der Waals surface area contributed by atoms with E-state index in [0.717, 1.165) is 77.0 Å². The minimum atomic E-state index is -1.22. The van der Waals surface area contributed by atoms with E-state index in [2.05, 4.69) is 34.8 Å². The fourth-order valence-electron chi connectivity index (χ4n) is 9.44. The molecule has 0 radical (unpaired) electrons. The third-order valence-corrected chi connectivity index (χ3v) is 14.4. The average molecular weight is 745 g/mol. The number of urea groups is 1. The number of amides is 5. The number of Topliss-reactive ketones (excluding diaryl/α,β-unsaturated/α-hetero) is 1. The molecule has 4 N–H and O–H groups in total. The third kappa shape index (κ3) is 8.93. The second-order valence-corrected chi connectivity index (χ2v) is 19.5. The standard InChI is InChI=1S/C39H64N6O6S/c1-8-21-40-34(48)31(46)28(22-25-13-12-14-25)41-33(47)30-26-15-18-39(19-20-39)27(26)23-45(30)35(49)32(38(5)16-10-9-11-17-38)43-36(50)42-29(37(2,3)4)24-44(6)52(7)51/h8,25-30,32H,1,9-24H2,2-7H3,(H,40,48)(H,41,47)(H2,42,43,50)/t26-,27-,28?,29+,30-,32+,52?/m0/s1. The SMILES string of the molecule is C=CCNC(=O)C(=O)C(CC1CCC1)NC(=O)[C@@H]1[C@H]2CCC3(CC3)[C@H]2CN1C(=O)[C@@H](NC(=O)N[C@H](CN(C)S(C)=O)C(C)(C)C)C1(C)CCCCC1. The van der Waals surface area contributed by atoms with Gasteiger partial charge in [0.25, 0.3) is 5.91 Å². The summed E-state index contributed by atoms with van der Waals surface area (Å²) in [6.07, 6.45) is 15.0. The van der Waals surface area contributed by atoms with Crippen molar-refractivity contribution >= 4 is 40.5 Å². The predicted molar refractivity (Wildman–Crippen MR) is 202 cm³/mol. The molecule has 12 nitrogen and oxygen atoms in total. The molecule has 5 fully saturated rings. The van der Waals surface area contributed by atoms with E-state index in [1.807, 2.05) is 20.8 Å². The highest BCUT2D eigenvalue weighted by molar-refractivity contribution is 7.81. The first-order chi connectivity index (χ1) is 24.5. The lowest BCUT2D eigenvalue weighted by Crippen LogP contribution is -2.63. The van der Waals surface area contributed by atoms with Crippen molar-refractivity contribution < 1.29 is 28.2 Å². The topological polar surface area (TPSA) is 157 Å². The van der Waals surface area contributed by atoms with E-state index in [0.29, 0.717) is 19.5 Å². The number of nitrogens with zero attached hydrogens (tertiary/aromatic N) is 2. The lowest BCUT2D eigenvalue weighted by molar-refractivity contribution is -0.145. The normalized spacial score (nSPS) is 27.1. The van der Waals surface area contributed by atoms with E-state index in [-0.39, 0.29) is 53.0 Å². The van der Waals surface area contributed by atoms with Gasteiger partial charge >= 0.3 is 6.03 Å². The van der Waals surface area contributed by atoms with Crippen LogP contribution in [0.15, 0.2) is 12.7 Å². The molecule has 52 heavy (non-hydrogen) atoms. The molecular weight excluding hydrogens is 681 g/mol. The minimum Gasteiger partial charge on any atom is -0.346 e. The summed E-state index contributed by atoms with van der Waals surface area (Å²) in [6.45, 7) is 12.7. The number of fused-ring (bicyclic) bond motifs is 2. The lowest BCUT2D eigenvalue weighted by Gasteiger charge is -2.43. The lowest BCUT2D eigenvalue weighted by atomic mass is 9.70. The fourth-order valence-corrected chi connectivity index (χ4v) is 9.80. The van der Waals surface area contributed by atoms with Crippen LogP contribution in [0.2, 0.25) is 0 Å². The number of nitrogens with one attached hydrogen (secondary N) is 4. The van der Waals surface area contributed by atoms with Gasteiger partial charge in [-0.25, -0.2) is 13.3 Å². The molecule has 7 atom stereocenters. The Bertz CT molecular complexity index is 1400. The van der Waals surface area contributed by atoms with Gasteiger partial charge < -0.3 is 26.2 Å². The van der Waals surface area contributed by atoms with Gasteiger partial charge in [-0.2, -0.15) is 0 Å². The first-order valence-corrected chi connectivity index (χ1v) is 21.2. The first kappa shape index (κ1) is 40.4. The quantitative estimate of drug-likeness (QED) is 0.148. The Morgan fingerprint density at radius 2 is 1.63 bits per heavy atom. The summed E-state index contributed by atoms with van der Waals surface area (Å²) in [5.41, 5.74) is -0.735. The van der Waals surface area contributed by atoms with Gasteiger partial charge in [0.05, 0.1) is 17.0 Å². The molecule has 13 heteroatoms. The van der Waals surface area contributed by atoms with Crippen LogP contribution in [0.5, 0.6) is 0 Å². The maximum absolute atomic E-state index is 15.1. The van der Waals surface area contributed by atoms with Crippen molar-refractivity contribution in [2.75, 3.05) is 32.9 Å². The van der Waals surface area contributed by atoms with E-state index in [1.54, 1.807) is 22.5 Å². The van der Waals surface area contributed by atoms with Crippen molar-refractivity contribution in [3.8, 4) is 0 Å². The molecule has 5 aliphatic rings. The maximum Gasteiger partial charge on any atom is 0.315 e. The number of likely N-dealkylation sites (tertiary alicyclic amines) is 1. The van der Waals surface area contributed by atoms with Crippen LogP contribution in [-0.2, 0) is 30.2 Å². The van der Waals surface area contributed by atoms with Crippen LogP contribution in [0.1, 0.15) is 111 Å². The number of hydrogen-bond donors (Lipinski definition) is 4. The summed E-state index contributed by atoms with van der Waals surface area (Å²) >= 11 is 0. The minimum absolute atomic E-state index is 0.0511. The largest absolute Gasteiger partial charge is 0.346 e. The molecule has 0 aromatic heterocycles. The molecule has 292 valence electrons. The summed E-state index contributed by atoms with van der Waals surface area (Å²) in [5, 5.41) is 11.8. The molecule has 0 aromatic rings. The number of hydrogen-bond acceptors (Lipinski definition) is 6. The van der Waals surface area contributed by atoms with Gasteiger partial charge in [0, 0.05) is 31.9 Å². The molecular formula is C39H64N6O6S. The zero-order chi connectivity index (χ0) is 38.0. The van der Waals surface area contributed by atoms with E-state index in [4.69, 9.17) is 0 Å². The van der Waals surface area contributed by atoms with Gasteiger partial charge in [0.1, 0.15) is 12.1 Å². The highest BCUT2D eigenvalue weighted by atomic mass is 32.2. The third-order valence-electron chi connectivity index (χ3n) is 13.4. The molecule has 5 rings (SSSR count). The second kappa shape index (κ2) is 16.3. The molecule has 1 saturated heterocycles. The zero-order valence-corrected chi connectivity index (χ0v) is 33.2. The summed E-state index contributed by atoms with van der Waals surface area (Å²) < 4.78 is 13.9. The molecule has 5 amide bonds. The van der Waals surface area contributed by atoms with Crippen molar-refractivity contribution in [2.24, 2.45) is 34.0 Å². The van der Waals surface area contributed by atoms with E-state index in [1.165, 1.54) is 6.08 Å². The van der Waals surface area contributed by atoms with Crippen molar-refractivity contribution in [2.45, 2.75) is 135 Å². The Morgan fingerprint density at radius 1 is 0.962 bits per heavy atom. The maximum atomic E-state index is 15.1. The van der Waals surface area contributed by atoms with Crippen LogP contribution in [0.3, 0.4) is 0 Å². The average Bonchev–Trinajstić information content (AvgIpc) is 3.64. The molecule has 4 saturated carbocycles. The number of carbonyl (C=O) groups is 5. The Labute approximate surface area is 313 Å². The van der Waals surface area contributed by atoms with E-state index >= 15 is 4.79 Å².